The van der Waals surface area contributed by atoms with Crippen LogP contribution in [-0.4, -0.2) is 18.0 Å². The van der Waals surface area contributed by atoms with Crippen LogP contribution in [0.15, 0.2) is 0 Å². The SMILES string of the molecule is CC1OCCC12CC2CBr. The summed E-state index contributed by atoms with van der Waals surface area (Å²) in [5.74, 6) is 0.907. The van der Waals surface area contributed by atoms with Crippen molar-refractivity contribution in [2.45, 2.75) is 25.9 Å². The van der Waals surface area contributed by atoms with Crippen LogP contribution in [0.4, 0.5) is 0 Å². The molecule has 2 fully saturated rings. The van der Waals surface area contributed by atoms with E-state index in [1.165, 1.54) is 18.2 Å². The molecule has 2 heteroatoms. The van der Waals surface area contributed by atoms with Gasteiger partial charge >= 0.3 is 0 Å². The summed E-state index contributed by atoms with van der Waals surface area (Å²) in [6.07, 6.45) is 3.21. The predicted octanol–water partition coefficient (Wildman–Crippen LogP) is 2.20. The Hall–Kier alpha value is 0.440. The maximum absolute atomic E-state index is 5.54. The number of halogens is 1. The van der Waals surface area contributed by atoms with Crippen LogP contribution in [0.3, 0.4) is 0 Å². The molecule has 0 N–H and O–H groups in total. The van der Waals surface area contributed by atoms with Gasteiger partial charge in [0.05, 0.1) is 6.10 Å². The van der Waals surface area contributed by atoms with E-state index >= 15 is 0 Å². The zero-order valence-corrected chi connectivity index (χ0v) is 7.86. The van der Waals surface area contributed by atoms with Gasteiger partial charge in [-0.1, -0.05) is 15.9 Å². The fourth-order valence-corrected chi connectivity index (χ4v) is 3.08. The molecule has 10 heavy (non-hydrogen) atoms. The summed E-state index contributed by atoms with van der Waals surface area (Å²) < 4.78 is 5.54. The molecule has 1 aliphatic heterocycles. The molecule has 1 heterocycles. The minimum atomic E-state index is 0.523. The second kappa shape index (κ2) is 2.21. The lowest BCUT2D eigenvalue weighted by Gasteiger charge is -2.12. The molecule has 1 spiro atoms. The maximum atomic E-state index is 5.54. The van der Waals surface area contributed by atoms with E-state index in [0.717, 1.165) is 12.5 Å². The van der Waals surface area contributed by atoms with Crippen LogP contribution in [0.2, 0.25) is 0 Å². The Balaban J connectivity index is 2.04. The molecule has 1 nitrogen and oxygen atoms in total. The smallest absolute Gasteiger partial charge is 0.0607 e. The summed E-state index contributed by atoms with van der Waals surface area (Å²) in [6, 6.07) is 0. The highest BCUT2D eigenvalue weighted by atomic mass is 79.9. The number of alkyl halides is 1. The van der Waals surface area contributed by atoms with Crippen LogP contribution < -0.4 is 0 Å². The van der Waals surface area contributed by atoms with Gasteiger partial charge in [0.2, 0.25) is 0 Å². The van der Waals surface area contributed by atoms with Gasteiger partial charge < -0.3 is 4.74 Å². The average Bonchev–Trinajstić information content (AvgIpc) is 2.52. The van der Waals surface area contributed by atoms with Crippen LogP contribution in [0.5, 0.6) is 0 Å². The fourth-order valence-electron chi connectivity index (χ4n) is 2.21. The molecule has 3 unspecified atom stereocenters. The summed E-state index contributed by atoms with van der Waals surface area (Å²) in [4.78, 5) is 0. The molecule has 1 aliphatic carbocycles. The van der Waals surface area contributed by atoms with Gasteiger partial charge in [-0.2, -0.15) is 0 Å². The Kier molecular flexibility index (Phi) is 1.57. The van der Waals surface area contributed by atoms with E-state index in [2.05, 4.69) is 22.9 Å². The van der Waals surface area contributed by atoms with Gasteiger partial charge in [-0.25, -0.2) is 0 Å². The quantitative estimate of drug-likeness (QED) is 0.596. The molecular weight excluding hydrogens is 192 g/mol. The van der Waals surface area contributed by atoms with Crippen molar-refractivity contribution < 1.29 is 4.74 Å². The van der Waals surface area contributed by atoms with Gasteiger partial charge in [0.25, 0.3) is 0 Å². The van der Waals surface area contributed by atoms with Crippen LogP contribution >= 0.6 is 15.9 Å². The Morgan fingerprint density at radius 3 is 2.90 bits per heavy atom. The van der Waals surface area contributed by atoms with Crippen molar-refractivity contribution in [1.82, 2.24) is 0 Å². The van der Waals surface area contributed by atoms with Crippen molar-refractivity contribution in [1.29, 1.82) is 0 Å². The second-order valence-electron chi connectivity index (χ2n) is 3.55. The molecule has 1 saturated heterocycles. The lowest BCUT2D eigenvalue weighted by atomic mass is 9.97. The monoisotopic (exact) mass is 204 g/mol. The van der Waals surface area contributed by atoms with Crippen molar-refractivity contribution in [3.63, 3.8) is 0 Å². The van der Waals surface area contributed by atoms with E-state index in [1.807, 2.05) is 0 Å². The van der Waals surface area contributed by atoms with Crippen molar-refractivity contribution in [3.05, 3.63) is 0 Å². The number of hydrogen-bond donors (Lipinski definition) is 0. The van der Waals surface area contributed by atoms with Crippen molar-refractivity contribution in [2.75, 3.05) is 11.9 Å². The predicted molar refractivity (Wildman–Crippen MR) is 44.4 cm³/mol. The Bertz CT molecular complexity index is 148. The molecule has 0 aromatic rings. The summed E-state index contributed by atoms with van der Waals surface area (Å²) >= 11 is 3.53. The van der Waals surface area contributed by atoms with Crippen molar-refractivity contribution >= 4 is 15.9 Å². The Labute approximate surface area is 70.3 Å². The molecular formula is C8H13BrO. The molecule has 0 bridgehead atoms. The lowest BCUT2D eigenvalue weighted by Crippen LogP contribution is -2.14. The molecule has 0 amide bonds. The molecule has 3 atom stereocenters. The third-order valence-electron chi connectivity index (χ3n) is 3.21. The zero-order valence-electron chi connectivity index (χ0n) is 6.27. The second-order valence-corrected chi connectivity index (χ2v) is 4.20. The van der Waals surface area contributed by atoms with Crippen LogP contribution in [-0.2, 0) is 4.74 Å². The van der Waals surface area contributed by atoms with Gasteiger partial charge in [0, 0.05) is 17.4 Å². The van der Waals surface area contributed by atoms with Crippen LogP contribution in [0.1, 0.15) is 19.8 Å². The molecule has 58 valence electrons. The highest BCUT2D eigenvalue weighted by molar-refractivity contribution is 9.09. The van der Waals surface area contributed by atoms with E-state index in [9.17, 15) is 0 Å². The third-order valence-corrected chi connectivity index (χ3v) is 3.99. The molecule has 2 aliphatic rings. The van der Waals surface area contributed by atoms with E-state index in [0.29, 0.717) is 11.5 Å². The minimum Gasteiger partial charge on any atom is -0.378 e. The van der Waals surface area contributed by atoms with E-state index in [-0.39, 0.29) is 0 Å². The number of hydrogen-bond acceptors (Lipinski definition) is 1. The Morgan fingerprint density at radius 2 is 2.50 bits per heavy atom. The first-order chi connectivity index (χ1) is 4.79. The first-order valence-electron chi connectivity index (χ1n) is 3.97. The lowest BCUT2D eigenvalue weighted by molar-refractivity contribution is 0.0963. The highest BCUT2D eigenvalue weighted by Gasteiger charge is 2.59. The zero-order chi connectivity index (χ0) is 7.19. The molecule has 1 saturated carbocycles. The van der Waals surface area contributed by atoms with E-state index < -0.39 is 0 Å². The van der Waals surface area contributed by atoms with Crippen LogP contribution in [0, 0.1) is 11.3 Å². The Morgan fingerprint density at radius 1 is 1.70 bits per heavy atom. The average molecular weight is 205 g/mol. The highest BCUT2D eigenvalue weighted by Crippen LogP contribution is 2.61. The maximum Gasteiger partial charge on any atom is 0.0607 e. The molecule has 0 aromatic carbocycles. The first kappa shape index (κ1) is 7.11. The van der Waals surface area contributed by atoms with Gasteiger partial charge in [-0.15, -0.1) is 0 Å². The van der Waals surface area contributed by atoms with Gasteiger partial charge in [0.1, 0.15) is 0 Å². The fraction of sp³-hybridized carbons (Fsp3) is 1.00. The van der Waals surface area contributed by atoms with Crippen molar-refractivity contribution in [2.24, 2.45) is 11.3 Å². The van der Waals surface area contributed by atoms with Gasteiger partial charge in [-0.3, -0.25) is 0 Å². The van der Waals surface area contributed by atoms with E-state index in [1.54, 1.807) is 0 Å². The molecule has 0 aromatic heterocycles. The minimum absolute atomic E-state index is 0.523. The normalized spacial score (nSPS) is 52.2. The standard InChI is InChI=1S/C8H13BrO/c1-6-8(2-3-10-6)4-7(8)5-9/h6-7H,2-5H2,1H3. The first-order valence-corrected chi connectivity index (χ1v) is 5.09. The van der Waals surface area contributed by atoms with Gasteiger partial charge in [0.15, 0.2) is 0 Å². The number of rotatable bonds is 1. The summed E-state index contributed by atoms with van der Waals surface area (Å²) in [5, 5.41) is 1.17. The molecule has 0 radical (unpaired) electrons. The molecule has 2 rings (SSSR count). The largest absolute Gasteiger partial charge is 0.378 e. The van der Waals surface area contributed by atoms with Crippen LogP contribution in [0.25, 0.3) is 0 Å². The topological polar surface area (TPSA) is 9.23 Å². The third kappa shape index (κ3) is 0.782. The summed E-state index contributed by atoms with van der Waals surface area (Å²) in [6.45, 7) is 3.21. The van der Waals surface area contributed by atoms with E-state index in [4.69, 9.17) is 4.74 Å². The van der Waals surface area contributed by atoms with Crippen molar-refractivity contribution in [3.8, 4) is 0 Å². The summed E-state index contributed by atoms with van der Waals surface area (Å²) in [5.41, 5.74) is 0.601. The van der Waals surface area contributed by atoms with Gasteiger partial charge in [-0.05, 0) is 25.7 Å². The number of ether oxygens (including phenoxy) is 1. The summed E-state index contributed by atoms with van der Waals surface area (Å²) in [7, 11) is 0.